The molecule has 0 atom stereocenters. The smallest absolute Gasteiger partial charge is 0.306 e. The van der Waals surface area contributed by atoms with Gasteiger partial charge in [0.05, 0.1) is 5.92 Å². The van der Waals surface area contributed by atoms with Crippen molar-refractivity contribution in [2.45, 2.75) is 38.6 Å². The summed E-state index contributed by atoms with van der Waals surface area (Å²) in [6.07, 6.45) is 2.57. The van der Waals surface area contributed by atoms with Crippen LogP contribution < -0.4 is 10.1 Å². The molecule has 1 amide bonds. The summed E-state index contributed by atoms with van der Waals surface area (Å²) in [5, 5.41) is 15.4. The number of nitrogens with one attached hydrogen (secondary N) is 1. The zero-order valence-electron chi connectivity index (χ0n) is 11.3. The molecule has 2 N–H and O–H groups in total. The van der Waals surface area contributed by atoms with Crippen LogP contribution in [0.1, 0.15) is 31.4 Å². The number of ether oxygens (including phenoxy) is 1. The minimum atomic E-state index is -0.750. The number of aryl methyl sites for hydroxylation is 1. The third-order valence-electron chi connectivity index (χ3n) is 3.40. The fourth-order valence-electron chi connectivity index (χ4n) is 2.31. The fraction of sp³-hybridized carbons (Fsp3) is 0.615. The van der Waals surface area contributed by atoms with Gasteiger partial charge in [-0.1, -0.05) is 0 Å². The zero-order chi connectivity index (χ0) is 14.5. The van der Waals surface area contributed by atoms with E-state index in [0.29, 0.717) is 31.4 Å². The molecule has 0 aliphatic heterocycles. The van der Waals surface area contributed by atoms with Crippen LogP contribution in [0.4, 0.5) is 0 Å². The molecule has 1 saturated carbocycles. The summed E-state index contributed by atoms with van der Waals surface area (Å²) in [5.74, 6) is -0.360. The lowest BCUT2D eigenvalue weighted by molar-refractivity contribution is -0.142. The maximum atomic E-state index is 11.7. The topological polar surface area (TPSA) is 102 Å². The molecule has 110 valence electrons. The van der Waals surface area contributed by atoms with E-state index in [1.54, 1.807) is 13.0 Å². The number of aliphatic carboxylic acids is 1. The molecule has 0 radical (unpaired) electrons. The lowest BCUT2D eigenvalue weighted by Gasteiger charge is -2.26. The number of carboxylic acid groups (broad SMARTS) is 1. The SMILES string of the molecule is Cc1cc(OCC(=O)NC2CCC(C(=O)O)CC2)no1. The second-order valence-corrected chi connectivity index (χ2v) is 5.02. The van der Waals surface area contributed by atoms with Gasteiger partial charge in [0, 0.05) is 12.1 Å². The first-order chi connectivity index (χ1) is 9.54. The van der Waals surface area contributed by atoms with E-state index in [2.05, 4.69) is 10.5 Å². The molecule has 1 heterocycles. The highest BCUT2D eigenvalue weighted by molar-refractivity contribution is 5.77. The Hall–Kier alpha value is -2.05. The Morgan fingerprint density at radius 2 is 2.15 bits per heavy atom. The Kier molecular flexibility index (Phi) is 4.60. The lowest BCUT2D eigenvalue weighted by Crippen LogP contribution is -2.40. The number of aromatic nitrogens is 1. The first-order valence-electron chi connectivity index (χ1n) is 6.63. The van der Waals surface area contributed by atoms with Gasteiger partial charge < -0.3 is 19.7 Å². The molecule has 0 spiro atoms. The van der Waals surface area contributed by atoms with Crippen molar-refractivity contribution >= 4 is 11.9 Å². The van der Waals surface area contributed by atoms with Gasteiger partial charge in [-0.3, -0.25) is 9.59 Å². The Morgan fingerprint density at radius 3 is 2.70 bits per heavy atom. The van der Waals surface area contributed by atoms with Crippen LogP contribution in [0.15, 0.2) is 10.6 Å². The van der Waals surface area contributed by atoms with Crippen molar-refractivity contribution in [3.63, 3.8) is 0 Å². The first-order valence-corrected chi connectivity index (χ1v) is 6.63. The molecule has 1 aliphatic carbocycles. The van der Waals surface area contributed by atoms with Crippen molar-refractivity contribution in [2.75, 3.05) is 6.61 Å². The van der Waals surface area contributed by atoms with E-state index < -0.39 is 5.97 Å². The van der Waals surface area contributed by atoms with E-state index in [1.807, 2.05) is 0 Å². The summed E-state index contributed by atoms with van der Waals surface area (Å²) >= 11 is 0. The molecule has 1 fully saturated rings. The van der Waals surface area contributed by atoms with Crippen molar-refractivity contribution in [1.82, 2.24) is 10.5 Å². The molecule has 1 aliphatic rings. The van der Waals surface area contributed by atoms with Crippen molar-refractivity contribution in [2.24, 2.45) is 5.92 Å². The largest absolute Gasteiger partial charge is 0.481 e. The number of rotatable bonds is 5. The van der Waals surface area contributed by atoms with Crippen molar-refractivity contribution < 1.29 is 24.0 Å². The molecule has 0 bridgehead atoms. The molecule has 7 nitrogen and oxygen atoms in total. The molecular weight excluding hydrogens is 264 g/mol. The third-order valence-corrected chi connectivity index (χ3v) is 3.40. The van der Waals surface area contributed by atoms with Crippen molar-refractivity contribution in [1.29, 1.82) is 0 Å². The number of carbonyl (C=O) groups is 2. The maximum Gasteiger partial charge on any atom is 0.306 e. The van der Waals surface area contributed by atoms with Gasteiger partial charge in [0.1, 0.15) is 5.76 Å². The average Bonchev–Trinajstić information content (AvgIpc) is 2.83. The Morgan fingerprint density at radius 1 is 1.45 bits per heavy atom. The second-order valence-electron chi connectivity index (χ2n) is 5.02. The molecule has 0 saturated heterocycles. The summed E-state index contributed by atoms with van der Waals surface area (Å²) in [7, 11) is 0. The van der Waals surface area contributed by atoms with E-state index in [-0.39, 0.29) is 30.4 Å². The Balaban J connectivity index is 1.69. The van der Waals surface area contributed by atoms with Gasteiger partial charge in [-0.05, 0) is 37.8 Å². The number of carboxylic acids is 1. The maximum absolute atomic E-state index is 11.7. The summed E-state index contributed by atoms with van der Waals surface area (Å²) in [6, 6.07) is 1.63. The van der Waals surface area contributed by atoms with Crippen LogP contribution in [-0.4, -0.2) is 34.8 Å². The minimum absolute atomic E-state index is 0.0285. The van der Waals surface area contributed by atoms with E-state index in [0.717, 1.165) is 0 Å². The molecule has 0 aromatic carbocycles. The average molecular weight is 282 g/mol. The number of amides is 1. The molecule has 1 aromatic heterocycles. The second kappa shape index (κ2) is 6.40. The third kappa shape index (κ3) is 3.97. The quantitative estimate of drug-likeness (QED) is 0.839. The number of carbonyl (C=O) groups excluding carboxylic acids is 1. The van der Waals surface area contributed by atoms with Crippen LogP contribution in [0.3, 0.4) is 0 Å². The van der Waals surface area contributed by atoms with Crippen LogP contribution in [0.25, 0.3) is 0 Å². The van der Waals surface area contributed by atoms with Gasteiger partial charge in [0.15, 0.2) is 6.61 Å². The highest BCUT2D eigenvalue weighted by Crippen LogP contribution is 2.24. The summed E-state index contributed by atoms with van der Waals surface area (Å²) in [6.45, 7) is 1.62. The predicted octanol–water partition coefficient (Wildman–Crippen LogP) is 1.12. The standard InChI is InChI=1S/C13H18N2O5/c1-8-6-12(15-20-8)19-7-11(16)14-10-4-2-9(3-5-10)13(17)18/h6,9-10H,2-5,7H2,1H3,(H,14,16)(H,17,18). The normalized spacial score (nSPS) is 22.2. The summed E-state index contributed by atoms with van der Waals surface area (Å²) < 4.78 is 10.00. The van der Waals surface area contributed by atoms with E-state index in [4.69, 9.17) is 14.4 Å². The Bertz CT molecular complexity index is 477. The number of hydrogen-bond acceptors (Lipinski definition) is 5. The van der Waals surface area contributed by atoms with Crippen LogP contribution >= 0.6 is 0 Å². The minimum Gasteiger partial charge on any atom is -0.481 e. The highest BCUT2D eigenvalue weighted by atomic mass is 16.5. The predicted molar refractivity (Wildman–Crippen MR) is 68.3 cm³/mol. The van der Waals surface area contributed by atoms with Gasteiger partial charge in [0.25, 0.3) is 11.8 Å². The lowest BCUT2D eigenvalue weighted by atomic mass is 9.86. The van der Waals surface area contributed by atoms with Crippen LogP contribution in [0.2, 0.25) is 0 Å². The Labute approximate surface area is 116 Å². The van der Waals surface area contributed by atoms with Gasteiger partial charge in [-0.2, -0.15) is 0 Å². The van der Waals surface area contributed by atoms with E-state index in [1.165, 1.54) is 0 Å². The highest BCUT2D eigenvalue weighted by Gasteiger charge is 2.26. The van der Waals surface area contributed by atoms with Gasteiger partial charge in [-0.15, -0.1) is 0 Å². The number of hydrogen-bond donors (Lipinski definition) is 2. The fourth-order valence-corrected chi connectivity index (χ4v) is 2.31. The van der Waals surface area contributed by atoms with Gasteiger partial charge in [-0.25, -0.2) is 0 Å². The molecule has 0 unspecified atom stereocenters. The summed E-state index contributed by atoms with van der Waals surface area (Å²) in [5.41, 5.74) is 0. The summed E-state index contributed by atoms with van der Waals surface area (Å²) in [4.78, 5) is 22.5. The van der Waals surface area contributed by atoms with Crippen molar-refractivity contribution in [3.8, 4) is 5.88 Å². The first kappa shape index (κ1) is 14.4. The molecular formula is C13H18N2O5. The van der Waals surface area contributed by atoms with Gasteiger partial charge in [0.2, 0.25) is 0 Å². The zero-order valence-corrected chi connectivity index (χ0v) is 11.3. The van der Waals surface area contributed by atoms with E-state index >= 15 is 0 Å². The molecule has 2 rings (SSSR count). The molecule has 7 heteroatoms. The molecule has 20 heavy (non-hydrogen) atoms. The van der Waals surface area contributed by atoms with Crippen LogP contribution in [-0.2, 0) is 9.59 Å². The van der Waals surface area contributed by atoms with Crippen molar-refractivity contribution in [3.05, 3.63) is 11.8 Å². The monoisotopic (exact) mass is 282 g/mol. The number of nitrogens with zero attached hydrogens (tertiary/aromatic N) is 1. The van der Waals surface area contributed by atoms with Gasteiger partial charge >= 0.3 is 5.97 Å². The molecule has 1 aromatic rings. The van der Waals surface area contributed by atoms with E-state index in [9.17, 15) is 9.59 Å². The van der Waals surface area contributed by atoms with Crippen LogP contribution in [0, 0.1) is 12.8 Å². The van der Waals surface area contributed by atoms with Crippen LogP contribution in [0.5, 0.6) is 5.88 Å².